The van der Waals surface area contributed by atoms with Crippen LogP contribution in [0.4, 0.5) is 5.69 Å². The third-order valence-corrected chi connectivity index (χ3v) is 4.36. The van der Waals surface area contributed by atoms with Crippen molar-refractivity contribution < 1.29 is 4.79 Å². The van der Waals surface area contributed by atoms with E-state index in [0.717, 1.165) is 23.1 Å². The lowest BCUT2D eigenvalue weighted by Crippen LogP contribution is -2.58. The number of halogens is 1. The molecular weight excluding hydrogens is 306 g/mol. The van der Waals surface area contributed by atoms with Gasteiger partial charge in [-0.15, -0.1) is 0 Å². The summed E-state index contributed by atoms with van der Waals surface area (Å²) in [4.78, 5) is 11.8. The van der Waals surface area contributed by atoms with Crippen LogP contribution in [0, 0.1) is 17.2 Å². The number of hydrogen-bond donors (Lipinski definition) is 1. The second-order valence-corrected chi connectivity index (χ2v) is 6.19. The highest BCUT2D eigenvalue weighted by atomic mass is 79.9. The highest BCUT2D eigenvalue weighted by Gasteiger charge is 2.50. The number of primary amides is 1. The molecule has 2 rings (SSSR count). The van der Waals surface area contributed by atoms with Crippen LogP contribution in [0.1, 0.15) is 13.3 Å². The average molecular weight is 323 g/mol. The van der Waals surface area contributed by atoms with Gasteiger partial charge in [-0.3, -0.25) is 9.28 Å². The molecule has 1 unspecified atom stereocenters. The van der Waals surface area contributed by atoms with Crippen molar-refractivity contribution in [1.29, 1.82) is 5.26 Å². The number of carbonyl (C=O) groups excluding carboxylic acids is 1. The number of nitrogens with zero attached hydrogens (tertiary/aromatic N) is 2. The fourth-order valence-electron chi connectivity index (χ4n) is 3.13. The second-order valence-electron chi connectivity index (χ2n) is 5.27. The molecule has 0 spiro atoms. The number of nitriles is 1. The van der Waals surface area contributed by atoms with Crippen LogP contribution in [0.3, 0.4) is 0 Å². The van der Waals surface area contributed by atoms with Crippen LogP contribution < -0.4 is 10.2 Å². The van der Waals surface area contributed by atoms with Gasteiger partial charge in [0.25, 0.3) is 5.91 Å². The maximum absolute atomic E-state index is 11.8. The SMILES string of the molecule is C[C@H]1C[C@@H](C(N)=O)[N+](CC#N)(c2cccc(Br)c2)C1. The molecule has 0 bridgehead atoms. The molecule has 5 heteroatoms. The molecular formula is C14H17BrN3O+. The van der Waals surface area contributed by atoms with E-state index in [4.69, 9.17) is 5.73 Å². The van der Waals surface area contributed by atoms with E-state index < -0.39 is 0 Å². The lowest BCUT2D eigenvalue weighted by molar-refractivity contribution is -0.121. The van der Waals surface area contributed by atoms with Crippen LogP contribution in [0.5, 0.6) is 0 Å². The Kier molecular flexibility index (Phi) is 3.93. The van der Waals surface area contributed by atoms with Gasteiger partial charge in [-0.2, -0.15) is 5.26 Å². The number of hydrogen-bond acceptors (Lipinski definition) is 2. The summed E-state index contributed by atoms with van der Waals surface area (Å²) in [5.41, 5.74) is 6.54. The standard InChI is InChI=1S/C14H16BrN3O/c1-10-7-13(14(17)19)18(9-10,6-5-16)12-4-2-3-11(15)8-12/h2-4,8,10,13H,6-7,9H2,1H3,(H-,17,19)/p+1/t10-,13-,18?/m0/s1. The molecule has 0 aliphatic carbocycles. The minimum absolute atomic E-state index is 0.272. The zero-order valence-corrected chi connectivity index (χ0v) is 12.4. The van der Waals surface area contributed by atoms with Gasteiger partial charge in [0.1, 0.15) is 11.8 Å². The fraction of sp³-hybridized carbons (Fsp3) is 0.429. The molecule has 1 aliphatic rings. The Morgan fingerprint density at radius 2 is 2.37 bits per heavy atom. The largest absolute Gasteiger partial charge is 0.364 e. The van der Waals surface area contributed by atoms with Crippen LogP contribution in [0.15, 0.2) is 28.7 Å². The third-order valence-electron chi connectivity index (χ3n) is 3.86. The van der Waals surface area contributed by atoms with E-state index in [9.17, 15) is 10.1 Å². The van der Waals surface area contributed by atoms with Crippen molar-refractivity contribution in [2.75, 3.05) is 13.1 Å². The van der Waals surface area contributed by atoms with Gasteiger partial charge in [0, 0.05) is 22.9 Å². The topological polar surface area (TPSA) is 66.9 Å². The minimum atomic E-state index is -0.320. The number of amides is 1. The summed E-state index contributed by atoms with van der Waals surface area (Å²) in [6.45, 7) is 3.15. The number of carbonyl (C=O) groups is 1. The Bertz CT molecular complexity index is 540. The first-order chi connectivity index (χ1) is 8.99. The molecule has 1 fully saturated rings. The monoisotopic (exact) mass is 322 g/mol. The number of likely N-dealkylation sites (tertiary alicyclic amines) is 1. The molecule has 100 valence electrons. The van der Waals surface area contributed by atoms with Crippen LogP contribution in [-0.4, -0.2) is 25.0 Å². The van der Waals surface area contributed by atoms with E-state index in [1.165, 1.54) is 0 Å². The van der Waals surface area contributed by atoms with Crippen LogP contribution >= 0.6 is 15.9 Å². The molecule has 3 atom stereocenters. The lowest BCUT2D eigenvalue weighted by atomic mass is 10.1. The summed E-state index contributed by atoms with van der Waals surface area (Å²) in [7, 11) is 0. The molecule has 1 aliphatic heterocycles. The molecule has 1 aromatic carbocycles. The molecule has 1 heterocycles. The molecule has 1 saturated heterocycles. The predicted molar refractivity (Wildman–Crippen MR) is 78.0 cm³/mol. The molecule has 1 aromatic rings. The van der Waals surface area contributed by atoms with Crippen LogP contribution in [0.25, 0.3) is 0 Å². The smallest absolute Gasteiger partial charge is 0.276 e. The van der Waals surface area contributed by atoms with E-state index in [1.807, 2.05) is 24.3 Å². The molecule has 0 saturated carbocycles. The van der Waals surface area contributed by atoms with E-state index in [-0.39, 0.29) is 18.5 Å². The maximum atomic E-state index is 11.8. The Labute approximate surface area is 121 Å². The highest BCUT2D eigenvalue weighted by molar-refractivity contribution is 9.10. The Hall–Kier alpha value is -1.38. The molecule has 1 amide bonds. The Morgan fingerprint density at radius 3 is 2.95 bits per heavy atom. The zero-order valence-electron chi connectivity index (χ0n) is 10.8. The van der Waals surface area contributed by atoms with Crippen molar-refractivity contribution in [3.8, 4) is 6.07 Å². The van der Waals surface area contributed by atoms with Gasteiger partial charge in [0.05, 0.1) is 6.54 Å². The number of rotatable bonds is 3. The van der Waals surface area contributed by atoms with Gasteiger partial charge < -0.3 is 5.73 Å². The van der Waals surface area contributed by atoms with Crippen molar-refractivity contribution in [3.05, 3.63) is 28.7 Å². The van der Waals surface area contributed by atoms with Gasteiger partial charge in [0.15, 0.2) is 12.6 Å². The average Bonchev–Trinajstić information content (AvgIpc) is 2.68. The van der Waals surface area contributed by atoms with Crippen molar-refractivity contribution >= 4 is 27.5 Å². The number of benzene rings is 1. The van der Waals surface area contributed by atoms with E-state index in [1.54, 1.807) is 0 Å². The van der Waals surface area contributed by atoms with Gasteiger partial charge in [-0.05, 0) is 12.1 Å². The minimum Gasteiger partial charge on any atom is -0.364 e. The Balaban J connectivity index is 2.54. The first kappa shape index (κ1) is 14.0. The first-order valence-electron chi connectivity index (χ1n) is 6.29. The summed E-state index contributed by atoms with van der Waals surface area (Å²) in [6.07, 6.45) is 0.740. The summed E-state index contributed by atoms with van der Waals surface area (Å²) in [5.74, 6) is 0.0596. The first-order valence-corrected chi connectivity index (χ1v) is 7.08. The quantitative estimate of drug-likeness (QED) is 0.684. The van der Waals surface area contributed by atoms with Gasteiger partial charge in [-0.25, -0.2) is 0 Å². The molecule has 0 radical (unpaired) electrons. The van der Waals surface area contributed by atoms with E-state index >= 15 is 0 Å². The predicted octanol–water partition coefficient (Wildman–Crippen LogP) is 2.17. The van der Waals surface area contributed by atoms with Crippen LogP contribution in [-0.2, 0) is 4.79 Å². The maximum Gasteiger partial charge on any atom is 0.276 e. The highest BCUT2D eigenvalue weighted by Crippen LogP contribution is 2.37. The summed E-state index contributed by atoms with van der Waals surface area (Å²) in [6, 6.07) is 9.72. The van der Waals surface area contributed by atoms with Crippen molar-refractivity contribution in [1.82, 2.24) is 4.48 Å². The molecule has 19 heavy (non-hydrogen) atoms. The van der Waals surface area contributed by atoms with Gasteiger partial charge in [0.2, 0.25) is 0 Å². The normalized spacial score (nSPS) is 29.9. The summed E-state index contributed by atoms with van der Waals surface area (Å²) in [5, 5.41) is 9.18. The van der Waals surface area contributed by atoms with E-state index in [2.05, 4.69) is 28.9 Å². The molecule has 0 aromatic heterocycles. The lowest BCUT2D eigenvalue weighted by Gasteiger charge is -2.36. The van der Waals surface area contributed by atoms with Crippen molar-refractivity contribution in [2.24, 2.45) is 11.7 Å². The van der Waals surface area contributed by atoms with Crippen LogP contribution in [0.2, 0.25) is 0 Å². The van der Waals surface area contributed by atoms with Crippen molar-refractivity contribution in [3.63, 3.8) is 0 Å². The Morgan fingerprint density at radius 1 is 1.63 bits per heavy atom. The fourth-order valence-corrected chi connectivity index (χ4v) is 3.52. The van der Waals surface area contributed by atoms with Gasteiger partial charge >= 0.3 is 0 Å². The van der Waals surface area contributed by atoms with Crippen molar-refractivity contribution in [2.45, 2.75) is 19.4 Å². The molecule has 2 N–H and O–H groups in total. The number of nitrogens with two attached hydrogens (primary N) is 1. The second kappa shape index (κ2) is 5.32. The zero-order chi connectivity index (χ0) is 14.0. The number of quaternary nitrogens is 1. The summed E-state index contributed by atoms with van der Waals surface area (Å²) < 4.78 is 1.30. The third kappa shape index (κ3) is 2.51. The summed E-state index contributed by atoms with van der Waals surface area (Å²) >= 11 is 3.45. The van der Waals surface area contributed by atoms with E-state index in [0.29, 0.717) is 10.4 Å². The van der Waals surface area contributed by atoms with Gasteiger partial charge in [-0.1, -0.05) is 28.9 Å². The molecule has 4 nitrogen and oxygen atoms in total.